The number of morpholine rings is 1. The molecule has 2 N–H and O–H groups in total. The Morgan fingerprint density at radius 3 is 2.57 bits per heavy atom. The maximum absolute atomic E-state index is 9.91. The summed E-state index contributed by atoms with van der Waals surface area (Å²) in [6, 6.07) is 0. The van der Waals surface area contributed by atoms with Crippen molar-refractivity contribution >= 4 is 17.5 Å². The lowest BCUT2D eigenvalue weighted by molar-refractivity contribution is 0.00919. The van der Waals surface area contributed by atoms with Crippen LogP contribution in [0.3, 0.4) is 0 Å². The minimum Gasteiger partial charge on any atom is -0.452 e. The standard InChI is InChI=1S/C13H24N4O3S/c1-9(18)11(14-13(2,3)4)20-12-10(15-21-16-12)17-5-7-19-8-6-17/h9,11,14,18H,5-8H2,1-4H3/t9-,11?/m1/s1. The second kappa shape index (κ2) is 6.87. The van der Waals surface area contributed by atoms with Crippen molar-refractivity contribution in [2.45, 2.75) is 45.6 Å². The van der Waals surface area contributed by atoms with Crippen LogP contribution in [0.25, 0.3) is 0 Å². The molecule has 21 heavy (non-hydrogen) atoms. The number of aliphatic hydroxyl groups excluding tert-OH is 1. The van der Waals surface area contributed by atoms with E-state index in [1.165, 1.54) is 0 Å². The quantitative estimate of drug-likeness (QED) is 0.780. The Morgan fingerprint density at radius 1 is 1.33 bits per heavy atom. The number of anilines is 1. The SMILES string of the molecule is C[C@@H](O)C(NC(C)(C)C)Oc1nsnc1N1CCOCC1. The first-order valence-corrected chi connectivity index (χ1v) is 7.87. The molecular weight excluding hydrogens is 292 g/mol. The van der Waals surface area contributed by atoms with Crippen LogP contribution in [0.4, 0.5) is 5.82 Å². The van der Waals surface area contributed by atoms with Gasteiger partial charge in [0.1, 0.15) is 6.10 Å². The molecule has 0 bridgehead atoms. The van der Waals surface area contributed by atoms with Gasteiger partial charge in [0, 0.05) is 18.6 Å². The van der Waals surface area contributed by atoms with E-state index in [0.29, 0.717) is 19.1 Å². The van der Waals surface area contributed by atoms with E-state index in [2.05, 4.69) is 19.0 Å². The fourth-order valence-electron chi connectivity index (χ4n) is 2.01. The molecule has 1 aromatic heterocycles. The second-order valence-corrected chi connectivity index (χ2v) is 6.69. The largest absolute Gasteiger partial charge is 0.452 e. The minimum atomic E-state index is -0.663. The van der Waals surface area contributed by atoms with Crippen molar-refractivity contribution in [1.82, 2.24) is 14.1 Å². The molecule has 1 saturated heterocycles. The van der Waals surface area contributed by atoms with Crippen LogP contribution in [0.2, 0.25) is 0 Å². The molecule has 0 saturated carbocycles. The lowest BCUT2D eigenvalue weighted by atomic mass is 10.1. The van der Waals surface area contributed by atoms with Crippen LogP contribution in [-0.4, -0.2) is 58.0 Å². The summed E-state index contributed by atoms with van der Waals surface area (Å²) in [4.78, 5) is 2.10. The normalized spacial score (nSPS) is 19.4. The topological polar surface area (TPSA) is 79.7 Å². The molecule has 0 aromatic carbocycles. The van der Waals surface area contributed by atoms with E-state index in [4.69, 9.17) is 9.47 Å². The highest BCUT2D eigenvalue weighted by Gasteiger charge is 2.27. The van der Waals surface area contributed by atoms with E-state index in [0.717, 1.165) is 30.6 Å². The average Bonchev–Trinajstić information content (AvgIpc) is 2.85. The third kappa shape index (κ3) is 4.77. The van der Waals surface area contributed by atoms with E-state index >= 15 is 0 Å². The lowest BCUT2D eigenvalue weighted by Crippen LogP contribution is -2.52. The number of hydrogen-bond donors (Lipinski definition) is 2. The number of hydrogen-bond acceptors (Lipinski definition) is 8. The van der Waals surface area contributed by atoms with Crippen LogP contribution < -0.4 is 15.0 Å². The highest BCUT2D eigenvalue weighted by Crippen LogP contribution is 2.27. The van der Waals surface area contributed by atoms with Crippen LogP contribution >= 0.6 is 11.7 Å². The summed E-state index contributed by atoms with van der Waals surface area (Å²) in [5.41, 5.74) is -0.176. The molecule has 7 nitrogen and oxygen atoms in total. The molecule has 2 rings (SSSR count). The molecule has 1 aromatic rings. The van der Waals surface area contributed by atoms with Crippen molar-refractivity contribution in [3.63, 3.8) is 0 Å². The molecule has 0 spiro atoms. The first kappa shape index (κ1) is 16.4. The van der Waals surface area contributed by atoms with Crippen molar-refractivity contribution < 1.29 is 14.6 Å². The number of nitrogens with one attached hydrogen (secondary N) is 1. The third-order valence-electron chi connectivity index (χ3n) is 3.00. The molecule has 120 valence electrons. The van der Waals surface area contributed by atoms with Crippen LogP contribution in [0.1, 0.15) is 27.7 Å². The van der Waals surface area contributed by atoms with Gasteiger partial charge in [-0.05, 0) is 27.7 Å². The highest BCUT2D eigenvalue weighted by atomic mass is 32.1. The van der Waals surface area contributed by atoms with E-state index < -0.39 is 12.3 Å². The van der Waals surface area contributed by atoms with Gasteiger partial charge in [-0.3, -0.25) is 5.32 Å². The van der Waals surface area contributed by atoms with Gasteiger partial charge in [-0.25, -0.2) is 0 Å². The minimum absolute atomic E-state index is 0.176. The Morgan fingerprint density at radius 2 is 2.00 bits per heavy atom. The molecule has 8 heteroatoms. The summed E-state index contributed by atoms with van der Waals surface area (Å²) >= 11 is 1.11. The molecule has 1 aliphatic rings. The average molecular weight is 316 g/mol. The van der Waals surface area contributed by atoms with Crippen molar-refractivity contribution in [1.29, 1.82) is 0 Å². The molecule has 2 heterocycles. The van der Waals surface area contributed by atoms with Crippen LogP contribution in [-0.2, 0) is 4.74 Å². The van der Waals surface area contributed by atoms with Gasteiger partial charge < -0.3 is 19.5 Å². The Balaban J connectivity index is 2.08. The first-order valence-electron chi connectivity index (χ1n) is 7.14. The molecule has 0 radical (unpaired) electrons. The molecule has 2 atom stereocenters. The zero-order valence-corrected chi connectivity index (χ0v) is 13.8. The molecular formula is C13H24N4O3S. The number of ether oxygens (including phenoxy) is 2. The van der Waals surface area contributed by atoms with Gasteiger partial charge in [-0.2, -0.15) is 4.37 Å². The van der Waals surface area contributed by atoms with Gasteiger partial charge in [-0.1, -0.05) is 0 Å². The first-order chi connectivity index (χ1) is 9.87. The zero-order valence-electron chi connectivity index (χ0n) is 13.0. The summed E-state index contributed by atoms with van der Waals surface area (Å²) < 4.78 is 19.7. The smallest absolute Gasteiger partial charge is 0.272 e. The third-order valence-corrected chi connectivity index (χ3v) is 3.51. The van der Waals surface area contributed by atoms with E-state index in [9.17, 15) is 5.11 Å². The monoisotopic (exact) mass is 316 g/mol. The molecule has 1 fully saturated rings. The number of aliphatic hydroxyl groups is 1. The molecule has 0 aliphatic carbocycles. The number of nitrogens with zero attached hydrogens (tertiary/aromatic N) is 3. The van der Waals surface area contributed by atoms with Crippen molar-refractivity contribution in [2.75, 3.05) is 31.2 Å². The summed E-state index contributed by atoms with van der Waals surface area (Å²) in [5.74, 6) is 1.19. The Kier molecular flexibility index (Phi) is 5.37. The Hall–Kier alpha value is -0.960. The van der Waals surface area contributed by atoms with Gasteiger partial charge in [0.05, 0.1) is 24.9 Å². The van der Waals surface area contributed by atoms with E-state index in [1.54, 1.807) is 6.92 Å². The zero-order chi connectivity index (χ0) is 15.5. The predicted molar refractivity (Wildman–Crippen MR) is 81.9 cm³/mol. The van der Waals surface area contributed by atoms with Gasteiger partial charge in [0.15, 0.2) is 6.23 Å². The van der Waals surface area contributed by atoms with Crippen LogP contribution in [0.5, 0.6) is 5.88 Å². The molecule has 1 aliphatic heterocycles. The van der Waals surface area contributed by atoms with Gasteiger partial charge in [0.2, 0.25) is 5.82 Å². The molecule has 0 amide bonds. The predicted octanol–water partition coefficient (Wildman–Crippen LogP) is 0.848. The molecule has 1 unspecified atom stereocenters. The summed E-state index contributed by atoms with van der Waals surface area (Å²) in [5, 5.41) is 13.2. The van der Waals surface area contributed by atoms with E-state index in [-0.39, 0.29) is 5.54 Å². The fourth-order valence-corrected chi connectivity index (χ4v) is 2.52. The summed E-state index contributed by atoms with van der Waals surface area (Å²) in [6.07, 6.45) is -1.20. The van der Waals surface area contributed by atoms with Gasteiger partial charge >= 0.3 is 0 Å². The van der Waals surface area contributed by atoms with Crippen LogP contribution in [0, 0.1) is 0 Å². The van der Waals surface area contributed by atoms with Crippen molar-refractivity contribution in [3.8, 4) is 5.88 Å². The number of rotatable bonds is 5. The summed E-state index contributed by atoms with van der Waals surface area (Å²) in [6.45, 7) is 10.7. The van der Waals surface area contributed by atoms with Crippen LogP contribution in [0.15, 0.2) is 0 Å². The van der Waals surface area contributed by atoms with Gasteiger partial charge in [0.25, 0.3) is 5.88 Å². The highest BCUT2D eigenvalue weighted by molar-refractivity contribution is 6.99. The second-order valence-electron chi connectivity index (χ2n) is 6.17. The van der Waals surface area contributed by atoms with Crippen molar-refractivity contribution in [2.24, 2.45) is 0 Å². The maximum Gasteiger partial charge on any atom is 0.272 e. The van der Waals surface area contributed by atoms with Crippen molar-refractivity contribution in [3.05, 3.63) is 0 Å². The number of aromatic nitrogens is 2. The summed E-state index contributed by atoms with van der Waals surface area (Å²) in [7, 11) is 0. The Labute approximate surface area is 129 Å². The Bertz CT molecular complexity index is 441. The van der Waals surface area contributed by atoms with E-state index in [1.807, 2.05) is 20.8 Å². The maximum atomic E-state index is 9.91. The fraction of sp³-hybridized carbons (Fsp3) is 0.846. The lowest BCUT2D eigenvalue weighted by Gasteiger charge is -2.31. The van der Waals surface area contributed by atoms with Gasteiger partial charge in [-0.15, -0.1) is 4.37 Å².